The summed E-state index contributed by atoms with van der Waals surface area (Å²) in [5, 5.41) is 0. The molecule has 106 valence electrons. The zero-order chi connectivity index (χ0) is 14.1. The van der Waals surface area contributed by atoms with Gasteiger partial charge in [-0.2, -0.15) is 4.98 Å². The average molecular weight is 275 g/mol. The van der Waals surface area contributed by atoms with Crippen LogP contribution in [0.1, 0.15) is 42.0 Å². The predicted molar refractivity (Wildman–Crippen MR) is 72.1 cm³/mol. The highest BCUT2D eigenvalue weighted by Gasteiger charge is 2.23. The van der Waals surface area contributed by atoms with Gasteiger partial charge in [0.05, 0.1) is 13.2 Å². The van der Waals surface area contributed by atoms with Crippen molar-refractivity contribution < 1.29 is 14.3 Å². The van der Waals surface area contributed by atoms with E-state index in [1.54, 1.807) is 13.1 Å². The van der Waals surface area contributed by atoms with Crippen molar-refractivity contribution in [3.8, 4) is 5.88 Å². The van der Waals surface area contributed by atoms with Crippen LogP contribution in [0.25, 0.3) is 5.78 Å². The largest absolute Gasteiger partial charge is 0.478 e. The molecule has 20 heavy (non-hydrogen) atoms. The van der Waals surface area contributed by atoms with Crippen LogP contribution in [0.15, 0.2) is 6.20 Å². The number of esters is 1. The van der Waals surface area contributed by atoms with Gasteiger partial charge >= 0.3 is 5.97 Å². The first kappa shape index (κ1) is 12.9. The molecule has 3 rings (SSSR count). The molecule has 0 aromatic carbocycles. The van der Waals surface area contributed by atoms with Gasteiger partial charge in [0.1, 0.15) is 0 Å². The maximum atomic E-state index is 11.8. The Balaban J connectivity index is 2.12. The number of carbonyl (C=O) groups excluding carboxylic acids is 1. The lowest BCUT2D eigenvalue weighted by molar-refractivity contribution is 0.0520. The maximum absolute atomic E-state index is 11.8. The number of ether oxygens (including phenoxy) is 2. The minimum absolute atomic E-state index is 0.294. The summed E-state index contributed by atoms with van der Waals surface area (Å²) in [4.78, 5) is 20.4. The summed E-state index contributed by atoms with van der Waals surface area (Å²) in [7, 11) is 0. The molecule has 0 unspecified atom stereocenters. The van der Waals surface area contributed by atoms with E-state index in [1.165, 1.54) is 0 Å². The molecule has 0 radical (unpaired) electrons. The molecule has 0 aliphatic heterocycles. The summed E-state index contributed by atoms with van der Waals surface area (Å²) in [5.74, 6) is 0.730. The van der Waals surface area contributed by atoms with Gasteiger partial charge in [-0.3, -0.25) is 4.40 Å². The smallest absolute Gasteiger partial charge is 0.358 e. The summed E-state index contributed by atoms with van der Waals surface area (Å²) in [6, 6.07) is 0. The number of rotatable bonds is 4. The van der Waals surface area contributed by atoms with E-state index in [2.05, 4.69) is 9.97 Å². The Labute approximate surface area is 116 Å². The summed E-state index contributed by atoms with van der Waals surface area (Å²) >= 11 is 0. The van der Waals surface area contributed by atoms with E-state index in [-0.39, 0.29) is 0 Å². The molecule has 0 saturated heterocycles. The van der Waals surface area contributed by atoms with E-state index >= 15 is 0 Å². The average Bonchev–Trinajstić information content (AvgIpc) is 3.05. The molecular formula is C14H17N3O3. The van der Waals surface area contributed by atoms with Crippen LogP contribution in [-0.4, -0.2) is 33.6 Å². The van der Waals surface area contributed by atoms with Crippen molar-refractivity contribution in [2.75, 3.05) is 13.2 Å². The van der Waals surface area contributed by atoms with Gasteiger partial charge < -0.3 is 9.47 Å². The van der Waals surface area contributed by atoms with Gasteiger partial charge in [0.2, 0.25) is 11.7 Å². The van der Waals surface area contributed by atoms with Gasteiger partial charge in [0.25, 0.3) is 0 Å². The second kappa shape index (κ2) is 5.11. The van der Waals surface area contributed by atoms with Crippen LogP contribution in [0.3, 0.4) is 0 Å². The van der Waals surface area contributed by atoms with Crippen LogP contribution in [0.2, 0.25) is 0 Å². The minimum atomic E-state index is -0.414. The molecule has 0 saturated carbocycles. The van der Waals surface area contributed by atoms with Crippen molar-refractivity contribution in [3.05, 3.63) is 23.1 Å². The number of aromatic nitrogens is 3. The van der Waals surface area contributed by atoms with E-state index in [4.69, 9.17) is 9.47 Å². The molecule has 0 bridgehead atoms. The van der Waals surface area contributed by atoms with E-state index in [0.29, 0.717) is 30.6 Å². The van der Waals surface area contributed by atoms with Crippen molar-refractivity contribution in [3.63, 3.8) is 0 Å². The van der Waals surface area contributed by atoms with E-state index in [0.717, 1.165) is 30.5 Å². The summed E-state index contributed by atoms with van der Waals surface area (Å²) < 4.78 is 12.5. The van der Waals surface area contributed by atoms with Crippen LogP contribution in [0.4, 0.5) is 0 Å². The second-order valence-electron chi connectivity index (χ2n) is 4.65. The van der Waals surface area contributed by atoms with Crippen molar-refractivity contribution >= 4 is 11.7 Å². The number of nitrogens with zero attached hydrogens (tertiary/aromatic N) is 3. The highest BCUT2D eigenvalue weighted by molar-refractivity contribution is 5.87. The van der Waals surface area contributed by atoms with Gasteiger partial charge in [-0.1, -0.05) is 0 Å². The first-order valence-corrected chi connectivity index (χ1v) is 6.95. The lowest BCUT2D eigenvalue weighted by atomic mass is 10.2. The molecule has 2 aromatic heterocycles. The predicted octanol–water partition coefficient (Wildman–Crippen LogP) is 1.79. The Hall–Kier alpha value is -2.11. The highest BCUT2D eigenvalue weighted by Crippen LogP contribution is 2.30. The van der Waals surface area contributed by atoms with Crippen LogP contribution >= 0.6 is 0 Å². The summed E-state index contributed by atoms with van der Waals surface area (Å²) in [6.07, 6.45) is 4.69. The molecule has 1 aliphatic carbocycles. The maximum Gasteiger partial charge on any atom is 0.358 e. The zero-order valence-electron chi connectivity index (χ0n) is 11.7. The topological polar surface area (TPSA) is 65.7 Å². The Morgan fingerprint density at radius 1 is 1.30 bits per heavy atom. The van der Waals surface area contributed by atoms with Crippen LogP contribution in [-0.2, 0) is 17.6 Å². The number of hydrogen-bond donors (Lipinski definition) is 0. The van der Waals surface area contributed by atoms with Gasteiger partial charge in [-0.15, -0.1) is 0 Å². The summed E-state index contributed by atoms with van der Waals surface area (Å²) in [6.45, 7) is 4.61. The zero-order valence-corrected chi connectivity index (χ0v) is 11.7. The Morgan fingerprint density at radius 3 is 2.90 bits per heavy atom. The molecule has 1 aliphatic rings. The number of hydrogen-bond acceptors (Lipinski definition) is 5. The molecule has 0 atom stereocenters. The lowest BCUT2D eigenvalue weighted by Crippen LogP contribution is -2.04. The molecular weight excluding hydrogens is 258 g/mol. The third-order valence-corrected chi connectivity index (χ3v) is 3.39. The third-order valence-electron chi connectivity index (χ3n) is 3.39. The Kier molecular flexibility index (Phi) is 3.30. The first-order valence-electron chi connectivity index (χ1n) is 6.95. The number of fused-ring (bicyclic) bond motifs is 3. The molecule has 6 nitrogen and oxygen atoms in total. The third kappa shape index (κ3) is 2.01. The van der Waals surface area contributed by atoms with Crippen molar-refractivity contribution in [2.45, 2.75) is 33.1 Å². The van der Waals surface area contributed by atoms with Crippen LogP contribution < -0.4 is 4.74 Å². The van der Waals surface area contributed by atoms with E-state index in [9.17, 15) is 4.79 Å². The standard InChI is InChI=1S/C14H17N3O3/c1-3-19-12-9-6-5-7-11(9)17-8-10(13(18)20-4-2)15-14(17)16-12/h8H,3-7H2,1-2H3. The van der Waals surface area contributed by atoms with Gasteiger partial charge in [-0.25, -0.2) is 9.78 Å². The molecule has 0 N–H and O–H groups in total. The highest BCUT2D eigenvalue weighted by atomic mass is 16.5. The summed E-state index contributed by atoms with van der Waals surface area (Å²) in [5.41, 5.74) is 2.57. The Morgan fingerprint density at radius 2 is 2.15 bits per heavy atom. The quantitative estimate of drug-likeness (QED) is 0.796. The van der Waals surface area contributed by atoms with E-state index < -0.39 is 5.97 Å². The molecule has 0 amide bonds. The molecule has 6 heteroatoms. The fraction of sp³-hybridized carbons (Fsp3) is 0.500. The second-order valence-corrected chi connectivity index (χ2v) is 4.65. The molecule has 2 heterocycles. The number of imidazole rings is 1. The van der Waals surface area contributed by atoms with Gasteiger partial charge in [0.15, 0.2) is 5.69 Å². The fourth-order valence-electron chi connectivity index (χ4n) is 2.59. The number of aryl methyl sites for hydroxylation is 1. The number of carbonyl (C=O) groups is 1. The fourth-order valence-corrected chi connectivity index (χ4v) is 2.59. The first-order chi connectivity index (χ1) is 9.74. The van der Waals surface area contributed by atoms with Gasteiger partial charge in [-0.05, 0) is 33.1 Å². The normalized spacial score (nSPS) is 13.5. The van der Waals surface area contributed by atoms with E-state index in [1.807, 2.05) is 11.3 Å². The molecule has 0 spiro atoms. The molecule has 0 fully saturated rings. The monoisotopic (exact) mass is 275 g/mol. The van der Waals surface area contributed by atoms with Crippen molar-refractivity contribution in [1.82, 2.24) is 14.4 Å². The molecule has 2 aromatic rings. The minimum Gasteiger partial charge on any atom is -0.478 e. The van der Waals surface area contributed by atoms with Crippen LogP contribution in [0, 0.1) is 0 Å². The van der Waals surface area contributed by atoms with Crippen LogP contribution in [0.5, 0.6) is 5.88 Å². The SMILES string of the molecule is CCOC(=O)c1cn2c3c(c(OCC)nc2n1)CCC3. The lowest BCUT2D eigenvalue weighted by Gasteiger charge is -2.09. The van der Waals surface area contributed by atoms with Crippen molar-refractivity contribution in [2.24, 2.45) is 0 Å². The van der Waals surface area contributed by atoms with Crippen molar-refractivity contribution in [1.29, 1.82) is 0 Å². The Bertz CT molecular complexity index is 663. The van der Waals surface area contributed by atoms with Gasteiger partial charge in [0, 0.05) is 17.5 Å².